The van der Waals surface area contributed by atoms with Crippen LogP contribution < -0.4 is 10.8 Å². The topological polar surface area (TPSA) is 104 Å². The highest BCUT2D eigenvalue weighted by Gasteiger charge is 2.20. The number of aliphatic hydroxyl groups excluding tert-OH is 1. The van der Waals surface area contributed by atoms with Crippen LogP contribution in [0.5, 0.6) is 0 Å². The molecule has 8 nitrogen and oxygen atoms in total. The molecule has 0 spiro atoms. The standard InChI is InChI=1S/C22H19F2N5O3S/c23-14-8-13(9-15(24)20(14)22(31)28-32-6-5-30)16-3-4-18-21(26-16)29(27-18)10-12-1-2-17-19(7-12)33-11-25-17/h1-4,7-9,25,27,30H,5-6,10-11H2,(H,28,31). The molecule has 0 aliphatic carbocycles. The lowest BCUT2D eigenvalue weighted by molar-refractivity contribution is 0.0162. The Morgan fingerprint density at radius 2 is 2.03 bits per heavy atom. The molecular formula is C22H19F2N5O3S. The average Bonchev–Trinajstić information content (AvgIpc) is 3.25. The van der Waals surface area contributed by atoms with E-state index in [-0.39, 0.29) is 18.8 Å². The van der Waals surface area contributed by atoms with Crippen molar-refractivity contribution in [2.75, 3.05) is 24.4 Å². The van der Waals surface area contributed by atoms with Crippen molar-refractivity contribution in [2.24, 2.45) is 0 Å². The van der Waals surface area contributed by atoms with Gasteiger partial charge >= 0.3 is 0 Å². The van der Waals surface area contributed by atoms with Crippen LogP contribution in [0.2, 0.25) is 0 Å². The third kappa shape index (κ3) is 4.17. The number of fused-ring (bicyclic) bond motifs is 2. The molecule has 2 aromatic carbocycles. The van der Waals surface area contributed by atoms with Gasteiger partial charge in [-0.2, -0.15) is 0 Å². The number of nitrogens with one attached hydrogen (secondary N) is 3. The van der Waals surface area contributed by atoms with Crippen molar-refractivity contribution in [3.63, 3.8) is 0 Å². The van der Waals surface area contributed by atoms with Gasteiger partial charge in [0.1, 0.15) is 17.2 Å². The van der Waals surface area contributed by atoms with Gasteiger partial charge in [-0.05, 0) is 42.0 Å². The van der Waals surface area contributed by atoms with E-state index < -0.39 is 23.1 Å². The lowest BCUT2D eigenvalue weighted by Gasteiger charge is -2.17. The maximum Gasteiger partial charge on any atom is 0.280 e. The first-order valence-corrected chi connectivity index (χ1v) is 11.1. The summed E-state index contributed by atoms with van der Waals surface area (Å²) >= 11 is 1.75. The number of rotatable bonds is 7. The number of benzene rings is 2. The number of anilines is 1. The van der Waals surface area contributed by atoms with Gasteiger partial charge in [-0.1, -0.05) is 6.07 Å². The van der Waals surface area contributed by atoms with Crippen molar-refractivity contribution in [2.45, 2.75) is 11.4 Å². The van der Waals surface area contributed by atoms with Crippen LogP contribution in [-0.4, -0.2) is 44.9 Å². The number of hydrogen-bond donors (Lipinski definition) is 4. The number of hydrogen-bond acceptors (Lipinski definition) is 6. The molecule has 0 unspecified atom stereocenters. The minimum atomic E-state index is -1.08. The summed E-state index contributed by atoms with van der Waals surface area (Å²) in [5.74, 6) is -2.30. The smallest absolute Gasteiger partial charge is 0.280 e. The zero-order valence-electron chi connectivity index (χ0n) is 17.2. The van der Waals surface area contributed by atoms with Crippen LogP contribution in [0, 0.1) is 11.6 Å². The second kappa shape index (κ2) is 8.85. The number of halogens is 2. The number of aromatic amines is 1. The zero-order valence-corrected chi connectivity index (χ0v) is 18.0. The normalized spacial score (nSPS) is 12.7. The molecule has 0 saturated carbocycles. The molecule has 0 radical (unpaired) electrons. The van der Waals surface area contributed by atoms with Crippen molar-refractivity contribution in [3.8, 4) is 11.3 Å². The van der Waals surface area contributed by atoms with E-state index in [0.29, 0.717) is 17.9 Å². The van der Waals surface area contributed by atoms with Crippen LogP contribution in [0.3, 0.4) is 0 Å². The minimum Gasteiger partial charge on any atom is -0.394 e. The maximum absolute atomic E-state index is 14.6. The van der Waals surface area contributed by atoms with Gasteiger partial charge in [0.25, 0.3) is 5.91 Å². The monoisotopic (exact) mass is 471 g/mol. The Bertz CT molecular complexity index is 1330. The molecule has 5 rings (SSSR count). The number of amides is 1. The Hall–Kier alpha value is -3.41. The number of thioether (sulfide) groups is 1. The number of nitrogens with zero attached hydrogens (tertiary/aromatic N) is 2. The summed E-state index contributed by atoms with van der Waals surface area (Å²) in [4.78, 5) is 22.4. The number of pyridine rings is 1. The fourth-order valence-corrected chi connectivity index (χ4v) is 4.53. The summed E-state index contributed by atoms with van der Waals surface area (Å²) in [6.45, 7) is 0.0352. The van der Waals surface area contributed by atoms with Gasteiger partial charge in [-0.15, -0.1) is 11.8 Å². The van der Waals surface area contributed by atoms with Gasteiger partial charge in [-0.3, -0.25) is 19.4 Å². The van der Waals surface area contributed by atoms with Crippen LogP contribution in [0.1, 0.15) is 15.9 Å². The third-order valence-corrected chi connectivity index (χ3v) is 6.12. The molecule has 0 bridgehead atoms. The molecule has 0 atom stereocenters. The van der Waals surface area contributed by atoms with Crippen LogP contribution in [0.25, 0.3) is 22.4 Å². The SMILES string of the molecule is O=C(NOCCO)c1c(F)cc(-c2ccc3[nH]n(Cc4ccc5c(c4)SCN5)c3n2)cc1F. The van der Waals surface area contributed by atoms with E-state index in [0.717, 1.165) is 34.8 Å². The van der Waals surface area contributed by atoms with Gasteiger partial charge in [-0.25, -0.2) is 19.2 Å². The fraction of sp³-hybridized carbons (Fsp3) is 0.182. The number of carbonyl (C=O) groups is 1. The van der Waals surface area contributed by atoms with Crippen molar-refractivity contribution in [1.82, 2.24) is 20.2 Å². The van der Waals surface area contributed by atoms with Gasteiger partial charge in [0, 0.05) is 16.1 Å². The van der Waals surface area contributed by atoms with Crippen LogP contribution in [-0.2, 0) is 11.4 Å². The van der Waals surface area contributed by atoms with Gasteiger partial charge in [0.05, 0.1) is 36.8 Å². The van der Waals surface area contributed by atoms with Crippen molar-refractivity contribution in [1.29, 1.82) is 0 Å². The van der Waals surface area contributed by atoms with E-state index in [1.54, 1.807) is 23.9 Å². The molecule has 2 aromatic heterocycles. The van der Waals surface area contributed by atoms with E-state index in [2.05, 4.69) is 26.3 Å². The first-order chi connectivity index (χ1) is 16.0. The predicted molar refractivity (Wildman–Crippen MR) is 120 cm³/mol. The zero-order chi connectivity index (χ0) is 22.9. The largest absolute Gasteiger partial charge is 0.394 e. The summed E-state index contributed by atoms with van der Waals surface area (Å²) in [5.41, 5.74) is 5.41. The lowest BCUT2D eigenvalue weighted by Crippen LogP contribution is -2.27. The van der Waals surface area contributed by atoms with E-state index in [1.807, 2.05) is 22.3 Å². The fourth-order valence-electron chi connectivity index (χ4n) is 3.62. The molecule has 1 aliphatic heterocycles. The summed E-state index contributed by atoms with van der Waals surface area (Å²) in [6.07, 6.45) is 0. The first-order valence-electron chi connectivity index (χ1n) is 10.1. The Balaban J connectivity index is 1.39. The average molecular weight is 471 g/mol. The second-order valence-corrected chi connectivity index (χ2v) is 8.40. The number of aliphatic hydroxyl groups is 1. The minimum absolute atomic E-state index is 0.197. The van der Waals surface area contributed by atoms with Gasteiger partial charge in [0.15, 0.2) is 5.65 Å². The second-order valence-electron chi connectivity index (χ2n) is 7.38. The van der Waals surface area contributed by atoms with E-state index >= 15 is 0 Å². The highest BCUT2D eigenvalue weighted by molar-refractivity contribution is 7.99. The molecule has 170 valence electrons. The Labute approximate surface area is 190 Å². The lowest BCUT2D eigenvalue weighted by atomic mass is 10.1. The predicted octanol–water partition coefficient (Wildman–Crippen LogP) is 3.49. The molecule has 4 aromatic rings. The quantitative estimate of drug-likeness (QED) is 0.243. The van der Waals surface area contributed by atoms with Crippen molar-refractivity contribution < 1.29 is 23.5 Å². The Morgan fingerprint density at radius 3 is 2.82 bits per heavy atom. The first kappa shape index (κ1) is 21.4. The third-order valence-electron chi connectivity index (χ3n) is 5.19. The van der Waals surface area contributed by atoms with Gasteiger partial charge in [0.2, 0.25) is 0 Å². The van der Waals surface area contributed by atoms with Crippen LogP contribution >= 0.6 is 11.8 Å². The molecule has 1 aliphatic rings. The van der Waals surface area contributed by atoms with Crippen molar-refractivity contribution in [3.05, 3.63) is 65.2 Å². The molecule has 0 saturated heterocycles. The highest BCUT2D eigenvalue weighted by Crippen LogP contribution is 2.34. The molecule has 0 fully saturated rings. The maximum atomic E-state index is 14.6. The molecule has 1 amide bonds. The van der Waals surface area contributed by atoms with E-state index in [4.69, 9.17) is 5.11 Å². The number of H-pyrrole nitrogens is 1. The molecule has 11 heteroatoms. The number of aromatic nitrogens is 3. The highest BCUT2D eigenvalue weighted by atomic mass is 32.2. The molecule has 3 heterocycles. The number of carbonyl (C=O) groups excluding carboxylic acids is 1. The Kier molecular flexibility index (Phi) is 5.75. The van der Waals surface area contributed by atoms with E-state index in [1.165, 1.54) is 4.90 Å². The summed E-state index contributed by atoms with van der Waals surface area (Å²) in [7, 11) is 0. The van der Waals surface area contributed by atoms with Gasteiger partial charge < -0.3 is 10.4 Å². The summed E-state index contributed by atoms with van der Waals surface area (Å²) < 4.78 is 31.0. The summed E-state index contributed by atoms with van der Waals surface area (Å²) in [5, 5.41) is 15.2. The molecular weight excluding hydrogens is 452 g/mol. The van der Waals surface area contributed by atoms with Crippen molar-refractivity contribution >= 4 is 34.5 Å². The van der Waals surface area contributed by atoms with E-state index in [9.17, 15) is 13.6 Å². The number of hydroxylamine groups is 1. The molecule has 4 N–H and O–H groups in total. The summed E-state index contributed by atoms with van der Waals surface area (Å²) in [6, 6.07) is 11.8. The van der Waals surface area contributed by atoms with Crippen LogP contribution in [0.4, 0.5) is 14.5 Å². The van der Waals surface area contributed by atoms with Crippen LogP contribution in [0.15, 0.2) is 47.4 Å². The molecule has 33 heavy (non-hydrogen) atoms. The Morgan fingerprint density at radius 1 is 1.21 bits per heavy atom.